The van der Waals surface area contributed by atoms with Crippen LogP contribution in [0.3, 0.4) is 0 Å². The zero-order valence-electron chi connectivity index (χ0n) is 20.6. The molecule has 7 nitrogen and oxygen atoms in total. The molecular weight excluding hydrogens is 542 g/mol. The highest BCUT2D eigenvalue weighted by molar-refractivity contribution is 7.89. The van der Waals surface area contributed by atoms with E-state index < -0.39 is 80.3 Å². The van der Waals surface area contributed by atoms with Gasteiger partial charge in [-0.1, -0.05) is 0 Å². The Bertz CT molecular complexity index is 1290. The van der Waals surface area contributed by atoms with Gasteiger partial charge < -0.3 is 14.7 Å². The molecule has 14 heteroatoms. The number of carboxylic acids is 1. The number of hydrogen-bond acceptors (Lipinski definition) is 5. The van der Waals surface area contributed by atoms with E-state index in [9.17, 15) is 44.7 Å². The van der Waals surface area contributed by atoms with Crippen molar-refractivity contribution in [3.05, 3.63) is 47.8 Å². The SMILES string of the molecule is CC(F)(F)CC[C@@H]1CN(c2ccc(F)cc2)c2cc(C(F)(F)F)c(OCC(C)(C)C(=O)O)cc2S(=O)(=O)N1. The second-order valence-corrected chi connectivity index (χ2v) is 11.5. The first kappa shape index (κ1) is 29.6. The quantitative estimate of drug-likeness (QED) is 0.405. The number of carboxylic acid groups (broad SMARTS) is 1. The second kappa shape index (κ2) is 10.3. The molecule has 0 bridgehead atoms. The maximum absolute atomic E-state index is 14.1. The second-order valence-electron chi connectivity index (χ2n) is 9.81. The molecule has 0 amide bonds. The molecule has 0 aromatic heterocycles. The monoisotopic (exact) mass is 568 g/mol. The lowest BCUT2D eigenvalue weighted by Crippen LogP contribution is -2.40. The van der Waals surface area contributed by atoms with Gasteiger partial charge in [0.2, 0.25) is 15.9 Å². The van der Waals surface area contributed by atoms with Crippen molar-refractivity contribution in [3.8, 4) is 5.75 Å². The van der Waals surface area contributed by atoms with Gasteiger partial charge in [0.05, 0.1) is 16.7 Å². The van der Waals surface area contributed by atoms with Crippen LogP contribution in [0.15, 0.2) is 41.3 Å². The number of hydrogen-bond donors (Lipinski definition) is 2. The summed E-state index contributed by atoms with van der Waals surface area (Å²) in [6, 6.07) is 4.50. The first-order chi connectivity index (χ1) is 17.3. The van der Waals surface area contributed by atoms with Gasteiger partial charge in [-0.3, -0.25) is 4.79 Å². The van der Waals surface area contributed by atoms with Gasteiger partial charge in [-0.15, -0.1) is 0 Å². The van der Waals surface area contributed by atoms with Crippen molar-refractivity contribution in [3.63, 3.8) is 0 Å². The summed E-state index contributed by atoms with van der Waals surface area (Å²) in [7, 11) is -4.57. The molecular formula is C24H26F6N2O5S. The Morgan fingerprint density at radius 1 is 1.11 bits per heavy atom. The third kappa shape index (κ3) is 6.90. The molecule has 38 heavy (non-hydrogen) atoms. The zero-order valence-corrected chi connectivity index (χ0v) is 21.4. The smallest absolute Gasteiger partial charge is 0.420 e. The highest BCUT2D eigenvalue weighted by atomic mass is 32.2. The molecule has 2 aromatic rings. The summed E-state index contributed by atoms with van der Waals surface area (Å²) in [5.41, 5.74) is -3.30. The Morgan fingerprint density at radius 3 is 2.24 bits per heavy atom. The molecule has 2 N–H and O–H groups in total. The molecule has 0 saturated heterocycles. The van der Waals surface area contributed by atoms with E-state index >= 15 is 0 Å². The number of rotatable bonds is 8. The minimum atomic E-state index is -5.04. The largest absolute Gasteiger partial charge is 0.492 e. The van der Waals surface area contributed by atoms with Crippen molar-refractivity contribution in [1.29, 1.82) is 0 Å². The van der Waals surface area contributed by atoms with E-state index in [1.807, 2.05) is 0 Å². The maximum Gasteiger partial charge on any atom is 0.420 e. The number of fused-ring (bicyclic) bond motifs is 1. The molecule has 210 valence electrons. The molecule has 1 heterocycles. The number of ether oxygens (including phenoxy) is 1. The summed E-state index contributed by atoms with van der Waals surface area (Å²) in [5.74, 6) is -6.06. The number of carbonyl (C=O) groups is 1. The van der Waals surface area contributed by atoms with E-state index in [1.54, 1.807) is 0 Å². The summed E-state index contributed by atoms with van der Waals surface area (Å²) in [6.07, 6.45) is -6.10. The lowest BCUT2D eigenvalue weighted by atomic mass is 9.95. The normalized spacial score (nSPS) is 18.0. The van der Waals surface area contributed by atoms with Crippen LogP contribution >= 0.6 is 0 Å². The molecule has 0 spiro atoms. The number of nitrogens with zero attached hydrogens (tertiary/aromatic N) is 1. The van der Waals surface area contributed by atoms with Crippen LogP contribution in [0.25, 0.3) is 0 Å². The van der Waals surface area contributed by atoms with Gasteiger partial charge in [-0.05, 0) is 57.5 Å². The number of alkyl halides is 5. The molecule has 0 fully saturated rings. The van der Waals surface area contributed by atoms with Crippen molar-refractivity contribution in [2.24, 2.45) is 5.41 Å². The molecule has 1 aliphatic rings. The number of aliphatic carboxylic acids is 1. The molecule has 0 aliphatic carbocycles. The Hall–Kier alpha value is -3.00. The molecule has 0 saturated carbocycles. The Labute approximate surface area is 215 Å². The fraction of sp³-hybridized carbons (Fsp3) is 0.458. The molecule has 2 aromatic carbocycles. The predicted molar refractivity (Wildman–Crippen MR) is 126 cm³/mol. The lowest BCUT2D eigenvalue weighted by Gasteiger charge is -2.29. The number of nitrogens with one attached hydrogen (secondary N) is 1. The Kier molecular flexibility index (Phi) is 8.00. The number of benzene rings is 2. The van der Waals surface area contributed by atoms with Gasteiger partial charge >= 0.3 is 12.1 Å². The van der Waals surface area contributed by atoms with Crippen LogP contribution in [0.2, 0.25) is 0 Å². The third-order valence-electron chi connectivity index (χ3n) is 5.91. The van der Waals surface area contributed by atoms with Crippen LogP contribution < -0.4 is 14.4 Å². The summed E-state index contributed by atoms with van der Waals surface area (Å²) >= 11 is 0. The van der Waals surface area contributed by atoms with Crippen molar-refractivity contribution in [2.45, 2.75) is 56.6 Å². The molecule has 0 unspecified atom stereocenters. The van der Waals surface area contributed by atoms with Crippen molar-refractivity contribution >= 4 is 27.4 Å². The fourth-order valence-electron chi connectivity index (χ4n) is 3.72. The van der Waals surface area contributed by atoms with Gasteiger partial charge in [0.15, 0.2) is 0 Å². The van der Waals surface area contributed by atoms with E-state index in [-0.39, 0.29) is 18.7 Å². The Balaban J connectivity index is 2.21. The minimum Gasteiger partial charge on any atom is -0.492 e. The van der Waals surface area contributed by atoms with Gasteiger partial charge in [0.1, 0.15) is 23.1 Å². The maximum atomic E-state index is 14.1. The van der Waals surface area contributed by atoms with Crippen LogP contribution in [0.1, 0.15) is 39.2 Å². The highest BCUT2D eigenvalue weighted by Gasteiger charge is 2.41. The van der Waals surface area contributed by atoms with Crippen LogP contribution in [0.4, 0.5) is 37.7 Å². The van der Waals surface area contributed by atoms with E-state index in [0.717, 1.165) is 12.1 Å². The van der Waals surface area contributed by atoms with E-state index in [1.165, 1.54) is 30.9 Å². The Morgan fingerprint density at radius 2 is 1.71 bits per heavy atom. The van der Waals surface area contributed by atoms with Crippen molar-refractivity contribution < 1.29 is 49.4 Å². The molecule has 1 atom stereocenters. The van der Waals surface area contributed by atoms with Crippen LogP contribution in [0.5, 0.6) is 5.75 Å². The topological polar surface area (TPSA) is 95.9 Å². The van der Waals surface area contributed by atoms with Crippen molar-refractivity contribution in [2.75, 3.05) is 18.1 Å². The van der Waals surface area contributed by atoms with Gasteiger partial charge in [0, 0.05) is 30.8 Å². The summed E-state index contributed by atoms with van der Waals surface area (Å²) < 4.78 is 117. The van der Waals surface area contributed by atoms with Gasteiger partial charge in [-0.25, -0.2) is 26.3 Å². The first-order valence-corrected chi connectivity index (χ1v) is 12.8. The van der Waals surface area contributed by atoms with Crippen molar-refractivity contribution in [1.82, 2.24) is 4.72 Å². The zero-order chi connectivity index (χ0) is 28.7. The summed E-state index contributed by atoms with van der Waals surface area (Å²) in [6.45, 7) is 2.04. The van der Waals surface area contributed by atoms with E-state index in [2.05, 4.69) is 4.72 Å². The molecule has 0 radical (unpaired) electrons. The van der Waals surface area contributed by atoms with Gasteiger partial charge in [-0.2, -0.15) is 13.2 Å². The molecule has 1 aliphatic heterocycles. The predicted octanol–water partition coefficient (Wildman–Crippen LogP) is 5.57. The summed E-state index contributed by atoms with van der Waals surface area (Å²) in [5, 5.41) is 9.28. The summed E-state index contributed by atoms with van der Waals surface area (Å²) in [4.78, 5) is 11.9. The highest BCUT2D eigenvalue weighted by Crippen LogP contribution is 2.45. The van der Waals surface area contributed by atoms with E-state index in [4.69, 9.17) is 4.74 Å². The average Bonchev–Trinajstić information content (AvgIpc) is 2.89. The number of anilines is 2. The average molecular weight is 569 g/mol. The fourth-order valence-corrected chi connectivity index (χ4v) is 5.18. The lowest BCUT2D eigenvalue weighted by molar-refractivity contribution is -0.148. The standard InChI is InChI=1S/C24H26F6N2O5S/c1-22(2,21(33)34)13-37-19-11-20-18(10-17(19)24(28,29)30)32(16-6-4-14(25)5-7-16)12-15(31-38(20,35)36)8-9-23(3,26)27/h4-7,10-11,15,31H,8-9,12-13H2,1-3H3,(H,33,34)/t15-/m1/s1. The van der Waals surface area contributed by atoms with Crippen LogP contribution in [-0.2, 0) is 21.0 Å². The van der Waals surface area contributed by atoms with Crippen LogP contribution in [0, 0.1) is 11.2 Å². The molecule has 3 rings (SSSR count). The minimum absolute atomic E-state index is 0.119. The third-order valence-corrected chi connectivity index (χ3v) is 7.46. The van der Waals surface area contributed by atoms with E-state index in [0.29, 0.717) is 19.1 Å². The van der Waals surface area contributed by atoms with Gasteiger partial charge in [0.25, 0.3) is 0 Å². The first-order valence-electron chi connectivity index (χ1n) is 11.3. The number of halogens is 6. The van der Waals surface area contributed by atoms with Crippen LogP contribution in [-0.4, -0.2) is 44.6 Å². The number of sulfonamides is 1.